The Kier molecular flexibility index (Phi) is 4.73. The van der Waals surface area contributed by atoms with Crippen LogP contribution in [0.1, 0.15) is 11.3 Å². The number of aromatic nitrogens is 1. The first-order valence-electron chi connectivity index (χ1n) is 4.13. The van der Waals surface area contributed by atoms with Crippen molar-refractivity contribution in [2.75, 3.05) is 0 Å². The molecule has 1 rings (SSSR count). The van der Waals surface area contributed by atoms with Crippen molar-refractivity contribution in [1.29, 1.82) is 0 Å². The zero-order chi connectivity index (χ0) is 14.1. The van der Waals surface area contributed by atoms with Gasteiger partial charge in [0.1, 0.15) is 9.26 Å². The monoisotopic (exact) mass is 449 g/mol. The van der Waals surface area contributed by atoms with Crippen LogP contribution in [-0.2, 0) is 11.5 Å². The van der Waals surface area contributed by atoms with E-state index >= 15 is 0 Å². The zero-order valence-corrected chi connectivity index (χ0v) is 11.9. The van der Waals surface area contributed by atoms with Crippen LogP contribution < -0.4 is 4.74 Å². The van der Waals surface area contributed by atoms with Crippen molar-refractivity contribution >= 4 is 38.5 Å². The second-order valence-corrected chi connectivity index (χ2v) is 4.54. The molecule has 0 aromatic carbocycles. The Hall–Kier alpha value is -0.260. The fraction of sp³-hybridized carbons (Fsp3) is 0.375. The molecule has 102 valence electrons. The molecule has 0 unspecified atom stereocenters. The van der Waals surface area contributed by atoms with Crippen LogP contribution in [-0.4, -0.2) is 11.3 Å². The Balaban J connectivity index is 3.39. The first kappa shape index (κ1) is 15.8. The van der Waals surface area contributed by atoms with Gasteiger partial charge in [0.05, 0.1) is 5.69 Å². The molecule has 1 heterocycles. The number of halogens is 8. The molecule has 10 heteroatoms. The Bertz CT molecular complexity index is 446. The molecule has 0 fully saturated rings. The highest BCUT2D eigenvalue weighted by Gasteiger charge is 2.41. The number of ether oxygens (including phenoxy) is 1. The van der Waals surface area contributed by atoms with Crippen LogP contribution in [0.5, 0.6) is 5.75 Å². The predicted octanol–water partition coefficient (Wildman–Crippen LogP) is 4.50. The molecule has 1 aromatic rings. The van der Waals surface area contributed by atoms with Crippen LogP contribution in [0.25, 0.3) is 0 Å². The lowest BCUT2D eigenvalue weighted by Crippen LogP contribution is -2.21. The van der Waals surface area contributed by atoms with Crippen LogP contribution in [0.2, 0.25) is 0 Å². The molecule has 2 nitrogen and oxygen atoms in total. The highest BCUT2D eigenvalue weighted by atomic mass is 127. The Morgan fingerprint density at radius 3 is 2.17 bits per heavy atom. The van der Waals surface area contributed by atoms with Crippen LogP contribution in [0, 0.1) is 3.70 Å². The average Bonchev–Trinajstić information content (AvgIpc) is 2.17. The minimum Gasteiger partial charge on any atom is -0.402 e. The lowest BCUT2D eigenvalue weighted by atomic mass is 10.2. The van der Waals surface area contributed by atoms with Gasteiger partial charge in [0.15, 0.2) is 5.75 Å². The highest BCUT2D eigenvalue weighted by molar-refractivity contribution is 14.1. The zero-order valence-electron chi connectivity index (χ0n) is 8.16. The van der Waals surface area contributed by atoms with E-state index < -0.39 is 27.6 Å². The first-order valence-corrected chi connectivity index (χ1v) is 6.33. The summed E-state index contributed by atoms with van der Waals surface area (Å²) in [4.78, 5) is 3.56. The second-order valence-electron chi connectivity index (χ2n) is 2.96. The third-order valence-electron chi connectivity index (χ3n) is 1.64. The number of nitrogens with zero attached hydrogens (tertiary/aromatic N) is 1. The molecule has 0 saturated heterocycles. The summed E-state index contributed by atoms with van der Waals surface area (Å²) in [6.45, 7) is 0. The van der Waals surface area contributed by atoms with Crippen molar-refractivity contribution in [2.45, 2.75) is 17.9 Å². The van der Waals surface area contributed by atoms with Gasteiger partial charge in [-0.3, -0.25) is 0 Å². The van der Waals surface area contributed by atoms with Gasteiger partial charge in [-0.2, -0.15) is 13.2 Å². The van der Waals surface area contributed by atoms with Crippen molar-refractivity contribution in [3.05, 3.63) is 21.0 Å². The maximum absolute atomic E-state index is 12.6. The molecular formula is C8H3BrF6INO. The van der Waals surface area contributed by atoms with Crippen molar-refractivity contribution in [3.8, 4) is 5.75 Å². The van der Waals surface area contributed by atoms with Gasteiger partial charge in [0.25, 0.3) is 0 Å². The summed E-state index contributed by atoms with van der Waals surface area (Å²) >= 11 is 4.14. The van der Waals surface area contributed by atoms with Crippen molar-refractivity contribution in [2.24, 2.45) is 0 Å². The number of hydrogen-bond donors (Lipinski definition) is 0. The van der Waals surface area contributed by atoms with Crippen molar-refractivity contribution < 1.29 is 31.1 Å². The summed E-state index contributed by atoms with van der Waals surface area (Å²) in [6, 6.07) is 0.512. The largest absolute Gasteiger partial charge is 0.573 e. The van der Waals surface area contributed by atoms with Gasteiger partial charge in [-0.25, -0.2) is 4.98 Å². The van der Waals surface area contributed by atoms with Gasteiger partial charge >= 0.3 is 12.5 Å². The fourth-order valence-corrected chi connectivity index (χ4v) is 2.04. The van der Waals surface area contributed by atoms with Gasteiger partial charge in [-0.15, -0.1) is 13.2 Å². The van der Waals surface area contributed by atoms with Crippen LogP contribution in [0.3, 0.4) is 0 Å². The smallest absolute Gasteiger partial charge is 0.402 e. The molecule has 1 aromatic heterocycles. The Morgan fingerprint density at radius 2 is 1.78 bits per heavy atom. The maximum Gasteiger partial charge on any atom is 0.573 e. The van der Waals surface area contributed by atoms with Crippen molar-refractivity contribution in [1.82, 2.24) is 4.98 Å². The topological polar surface area (TPSA) is 22.1 Å². The summed E-state index contributed by atoms with van der Waals surface area (Å²) in [5.41, 5.74) is -1.55. The lowest BCUT2D eigenvalue weighted by Gasteiger charge is -2.17. The Labute approximate surface area is 119 Å². The number of pyridine rings is 1. The number of hydrogen-bond acceptors (Lipinski definition) is 2. The second kappa shape index (κ2) is 5.39. The van der Waals surface area contributed by atoms with Crippen molar-refractivity contribution in [3.63, 3.8) is 0 Å². The van der Waals surface area contributed by atoms with E-state index in [2.05, 4.69) is 25.7 Å². The minimum absolute atomic E-state index is 0.0155. The molecule has 0 atom stereocenters. The first-order chi connectivity index (χ1) is 8.04. The summed E-state index contributed by atoms with van der Waals surface area (Å²) in [6.07, 6.45) is -10.2. The maximum atomic E-state index is 12.6. The van der Waals surface area contributed by atoms with Gasteiger partial charge in [-0.05, 0) is 28.7 Å². The van der Waals surface area contributed by atoms with E-state index in [1.54, 1.807) is 0 Å². The number of alkyl halides is 7. The molecule has 0 bridgehead atoms. The van der Waals surface area contributed by atoms with E-state index in [-0.39, 0.29) is 11.0 Å². The van der Waals surface area contributed by atoms with E-state index in [1.807, 2.05) is 0 Å². The predicted molar refractivity (Wildman–Crippen MR) is 61.3 cm³/mol. The van der Waals surface area contributed by atoms with E-state index in [0.717, 1.165) is 0 Å². The average molecular weight is 450 g/mol. The highest BCUT2D eigenvalue weighted by Crippen LogP contribution is 2.40. The van der Waals surface area contributed by atoms with E-state index in [4.69, 9.17) is 0 Å². The molecular weight excluding hydrogens is 447 g/mol. The SMILES string of the molecule is FC(F)(F)Oc1c(C(F)(F)F)cc(CBr)nc1I. The summed E-state index contributed by atoms with van der Waals surface area (Å²) in [5, 5.41) is -0.0155. The molecule has 0 amide bonds. The molecule has 0 aliphatic rings. The summed E-state index contributed by atoms with van der Waals surface area (Å²) in [7, 11) is 0. The molecule has 18 heavy (non-hydrogen) atoms. The standard InChI is InChI=1S/C8H3BrF6INO/c9-2-3-1-4(7(10,11)12)5(6(16)17-3)18-8(13,14)15/h1H,2H2. The Morgan fingerprint density at radius 1 is 1.22 bits per heavy atom. The molecule has 0 spiro atoms. The van der Waals surface area contributed by atoms with Crippen LogP contribution >= 0.6 is 38.5 Å². The van der Waals surface area contributed by atoms with Crippen LogP contribution in [0.4, 0.5) is 26.3 Å². The third kappa shape index (κ3) is 4.14. The normalized spacial score (nSPS) is 12.7. The fourth-order valence-electron chi connectivity index (χ4n) is 1.04. The van der Waals surface area contributed by atoms with E-state index in [0.29, 0.717) is 6.07 Å². The molecule has 0 aliphatic heterocycles. The van der Waals surface area contributed by atoms with E-state index in [1.165, 1.54) is 22.6 Å². The van der Waals surface area contributed by atoms with E-state index in [9.17, 15) is 26.3 Å². The minimum atomic E-state index is -5.21. The van der Waals surface area contributed by atoms with Gasteiger partial charge < -0.3 is 4.74 Å². The van der Waals surface area contributed by atoms with Gasteiger partial charge in [0, 0.05) is 5.33 Å². The number of rotatable bonds is 2. The van der Waals surface area contributed by atoms with Crippen LogP contribution in [0.15, 0.2) is 6.07 Å². The molecule has 0 radical (unpaired) electrons. The molecule has 0 N–H and O–H groups in total. The quantitative estimate of drug-likeness (QED) is 0.287. The third-order valence-corrected chi connectivity index (χ3v) is 2.95. The summed E-state index contributed by atoms with van der Waals surface area (Å²) in [5.74, 6) is -1.33. The lowest BCUT2D eigenvalue weighted by molar-refractivity contribution is -0.276. The van der Waals surface area contributed by atoms with Gasteiger partial charge in [-0.1, -0.05) is 15.9 Å². The summed E-state index contributed by atoms with van der Waals surface area (Å²) < 4.78 is 76.9. The molecule has 0 aliphatic carbocycles. The molecule has 0 saturated carbocycles. The van der Waals surface area contributed by atoms with Gasteiger partial charge in [0.2, 0.25) is 0 Å².